The standard InChI is InChI=1S/C22H22N2O4S2/c1-15-3-8-19(9-4-15)29-14-17-13-16(5-12-21(17)28-2)22(25)24-18-6-10-20(11-7-18)30(23,26)27/h3-13H,14H2,1-2H3,(H,24,25)(H2,23,26,27). The van der Waals surface area contributed by atoms with Crippen molar-refractivity contribution in [3.05, 3.63) is 83.4 Å². The van der Waals surface area contributed by atoms with Gasteiger partial charge in [-0.2, -0.15) is 0 Å². The second-order valence-corrected chi connectivity index (χ2v) is 9.26. The molecule has 156 valence electrons. The molecule has 8 heteroatoms. The molecule has 0 fully saturated rings. The zero-order chi connectivity index (χ0) is 21.7. The molecule has 3 aromatic rings. The number of primary sulfonamides is 1. The molecule has 0 aliphatic carbocycles. The molecule has 0 aliphatic heterocycles. The van der Waals surface area contributed by atoms with E-state index in [9.17, 15) is 13.2 Å². The molecular weight excluding hydrogens is 420 g/mol. The highest BCUT2D eigenvalue weighted by Gasteiger charge is 2.12. The lowest BCUT2D eigenvalue weighted by molar-refractivity contribution is 0.102. The fraction of sp³-hybridized carbons (Fsp3) is 0.136. The Morgan fingerprint density at radius 1 is 1.03 bits per heavy atom. The first-order chi connectivity index (χ1) is 14.3. The SMILES string of the molecule is COc1ccc(C(=O)Nc2ccc(S(N)(=O)=O)cc2)cc1CSc1ccc(C)cc1. The summed E-state index contributed by atoms with van der Waals surface area (Å²) in [6, 6.07) is 19.2. The van der Waals surface area contributed by atoms with Crippen LogP contribution in [0.4, 0.5) is 5.69 Å². The van der Waals surface area contributed by atoms with E-state index in [2.05, 4.69) is 29.6 Å². The Balaban J connectivity index is 1.74. The molecule has 30 heavy (non-hydrogen) atoms. The number of nitrogens with two attached hydrogens (primary N) is 1. The lowest BCUT2D eigenvalue weighted by atomic mass is 10.1. The van der Waals surface area contributed by atoms with Crippen molar-refractivity contribution in [3.8, 4) is 5.75 Å². The predicted octanol–water partition coefficient (Wildman–Crippen LogP) is 4.20. The van der Waals surface area contributed by atoms with Gasteiger partial charge < -0.3 is 10.1 Å². The molecule has 0 radical (unpaired) electrons. The van der Waals surface area contributed by atoms with Crippen LogP contribution in [0.3, 0.4) is 0 Å². The van der Waals surface area contributed by atoms with Crippen LogP contribution in [0.2, 0.25) is 0 Å². The number of hydrogen-bond donors (Lipinski definition) is 2. The topological polar surface area (TPSA) is 98.5 Å². The van der Waals surface area contributed by atoms with Crippen LogP contribution in [-0.4, -0.2) is 21.4 Å². The van der Waals surface area contributed by atoms with Gasteiger partial charge in [-0.25, -0.2) is 13.6 Å². The van der Waals surface area contributed by atoms with E-state index in [1.54, 1.807) is 37.1 Å². The number of amides is 1. The van der Waals surface area contributed by atoms with Gasteiger partial charge in [0.2, 0.25) is 10.0 Å². The number of carbonyl (C=O) groups excluding carboxylic acids is 1. The number of anilines is 1. The Morgan fingerprint density at radius 3 is 2.30 bits per heavy atom. The van der Waals surface area contributed by atoms with E-state index in [4.69, 9.17) is 9.88 Å². The molecule has 0 atom stereocenters. The third-order valence-corrected chi connectivity index (χ3v) is 6.39. The van der Waals surface area contributed by atoms with Gasteiger partial charge in [0.1, 0.15) is 5.75 Å². The molecular formula is C22H22N2O4S2. The third kappa shape index (κ3) is 5.63. The van der Waals surface area contributed by atoms with Crippen LogP contribution in [0, 0.1) is 6.92 Å². The van der Waals surface area contributed by atoms with E-state index < -0.39 is 10.0 Å². The molecule has 0 bridgehead atoms. The highest BCUT2D eigenvalue weighted by molar-refractivity contribution is 7.98. The number of ether oxygens (including phenoxy) is 1. The van der Waals surface area contributed by atoms with Crippen molar-refractivity contribution in [1.29, 1.82) is 0 Å². The van der Waals surface area contributed by atoms with Crippen molar-refractivity contribution in [3.63, 3.8) is 0 Å². The quantitative estimate of drug-likeness (QED) is 0.535. The number of carbonyl (C=O) groups is 1. The smallest absolute Gasteiger partial charge is 0.255 e. The van der Waals surface area contributed by atoms with Crippen molar-refractivity contribution < 1.29 is 17.9 Å². The van der Waals surface area contributed by atoms with Gasteiger partial charge in [0.25, 0.3) is 5.91 Å². The van der Waals surface area contributed by atoms with Gasteiger partial charge in [0.05, 0.1) is 12.0 Å². The maximum absolute atomic E-state index is 12.7. The van der Waals surface area contributed by atoms with Gasteiger partial charge in [-0.05, 0) is 61.5 Å². The Bertz CT molecular complexity index is 1140. The highest BCUT2D eigenvalue weighted by Crippen LogP contribution is 2.29. The largest absolute Gasteiger partial charge is 0.496 e. The molecule has 0 saturated carbocycles. The first kappa shape index (κ1) is 21.9. The molecule has 3 rings (SSSR count). The molecule has 3 aromatic carbocycles. The lowest BCUT2D eigenvalue weighted by Gasteiger charge is -2.11. The van der Waals surface area contributed by atoms with Crippen LogP contribution in [0.15, 0.2) is 76.5 Å². The van der Waals surface area contributed by atoms with E-state index in [1.165, 1.54) is 29.8 Å². The molecule has 0 saturated heterocycles. The summed E-state index contributed by atoms with van der Waals surface area (Å²) in [6.07, 6.45) is 0. The van der Waals surface area contributed by atoms with E-state index in [0.717, 1.165) is 10.5 Å². The number of thioether (sulfide) groups is 1. The normalized spacial score (nSPS) is 11.2. The minimum atomic E-state index is -3.77. The van der Waals surface area contributed by atoms with Gasteiger partial charge >= 0.3 is 0 Å². The summed E-state index contributed by atoms with van der Waals surface area (Å²) in [5, 5.41) is 7.85. The maximum Gasteiger partial charge on any atom is 0.255 e. The minimum absolute atomic E-state index is 0.0136. The fourth-order valence-electron chi connectivity index (χ4n) is 2.76. The summed E-state index contributed by atoms with van der Waals surface area (Å²) in [6.45, 7) is 2.04. The third-order valence-electron chi connectivity index (χ3n) is 4.40. The summed E-state index contributed by atoms with van der Waals surface area (Å²) in [7, 11) is -2.17. The number of hydrogen-bond acceptors (Lipinski definition) is 5. The van der Waals surface area contributed by atoms with Crippen LogP contribution < -0.4 is 15.2 Å². The minimum Gasteiger partial charge on any atom is -0.496 e. The number of aryl methyl sites for hydroxylation is 1. The number of rotatable bonds is 7. The van der Waals surface area contributed by atoms with Gasteiger partial charge in [0, 0.05) is 27.5 Å². The second-order valence-electron chi connectivity index (χ2n) is 6.65. The van der Waals surface area contributed by atoms with Gasteiger partial charge in [-0.1, -0.05) is 17.7 Å². The van der Waals surface area contributed by atoms with E-state index in [-0.39, 0.29) is 10.8 Å². The summed E-state index contributed by atoms with van der Waals surface area (Å²) < 4.78 is 28.1. The monoisotopic (exact) mass is 442 g/mol. The predicted molar refractivity (Wildman–Crippen MR) is 120 cm³/mol. The van der Waals surface area contributed by atoms with Crippen LogP contribution in [0.5, 0.6) is 5.75 Å². The summed E-state index contributed by atoms with van der Waals surface area (Å²) in [5.41, 5.74) is 3.05. The summed E-state index contributed by atoms with van der Waals surface area (Å²) >= 11 is 1.66. The second kappa shape index (κ2) is 9.34. The van der Waals surface area contributed by atoms with Crippen LogP contribution in [-0.2, 0) is 15.8 Å². The Morgan fingerprint density at radius 2 is 1.70 bits per heavy atom. The first-order valence-corrected chi connectivity index (χ1v) is 11.6. The Kier molecular flexibility index (Phi) is 6.81. The highest BCUT2D eigenvalue weighted by atomic mass is 32.2. The van der Waals surface area contributed by atoms with Crippen molar-refractivity contribution in [2.75, 3.05) is 12.4 Å². The average Bonchev–Trinajstić information content (AvgIpc) is 2.73. The molecule has 0 heterocycles. The Hall–Kier alpha value is -2.81. The van der Waals surface area contributed by atoms with E-state index in [1.807, 2.05) is 6.92 Å². The molecule has 0 spiro atoms. The fourth-order valence-corrected chi connectivity index (χ4v) is 4.15. The van der Waals surface area contributed by atoms with Gasteiger partial charge in [-0.3, -0.25) is 4.79 Å². The molecule has 3 N–H and O–H groups in total. The van der Waals surface area contributed by atoms with Crippen LogP contribution in [0.1, 0.15) is 21.5 Å². The maximum atomic E-state index is 12.7. The summed E-state index contributed by atoms with van der Waals surface area (Å²) in [4.78, 5) is 13.8. The van der Waals surface area contributed by atoms with Crippen LogP contribution >= 0.6 is 11.8 Å². The molecule has 0 aliphatic rings. The first-order valence-electron chi connectivity index (χ1n) is 9.07. The summed E-state index contributed by atoms with van der Waals surface area (Å²) in [5.74, 6) is 1.06. The van der Waals surface area contributed by atoms with Crippen LogP contribution in [0.25, 0.3) is 0 Å². The van der Waals surface area contributed by atoms with Gasteiger partial charge in [-0.15, -0.1) is 11.8 Å². The zero-order valence-electron chi connectivity index (χ0n) is 16.6. The number of nitrogens with one attached hydrogen (secondary N) is 1. The average molecular weight is 443 g/mol. The van der Waals surface area contributed by atoms with Crippen molar-refractivity contribution >= 4 is 33.4 Å². The van der Waals surface area contributed by atoms with Crippen molar-refractivity contribution in [2.45, 2.75) is 22.5 Å². The molecule has 1 amide bonds. The van der Waals surface area contributed by atoms with E-state index in [0.29, 0.717) is 22.8 Å². The van der Waals surface area contributed by atoms with Crippen molar-refractivity contribution in [2.24, 2.45) is 5.14 Å². The molecule has 6 nitrogen and oxygen atoms in total. The van der Waals surface area contributed by atoms with Crippen molar-refractivity contribution in [1.82, 2.24) is 0 Å². The Labute approximate surface area is 180 Å². The number of sulfonamides is 1. The molecule has 0 aromatic heterocycles. The van der Waals surface area contributed by atoms with Gasteiger partial charge in [0.15, 0.2) is 0 Å². The lowest BCUT2D eigenvalue weighted by Crippen LogP contribution is -2.14. The number of methoxy groups -OCH3 is 1. The number of benzene rings is 3. The molecule has 0 unspecified atom stereocenters. The van der Waals surface area contributed by atoms with E-state index >= 15 is 0 Å². The zero-order valence-corrected chi connectivity index (χ0v) is 18.2.